The Kier molecular flexibility index (Phi) is 3.47. The molecule has 0 amide bonds. The Bertz CT molecular complexity index is 285. The molecule has 1 fully saturated rings. The third kappa shape index (κ3) is 2.82. The molecule has 1 aliphatic carbocycles. The van der Waals surface area contributed by atoms with Gasteiger partial charge in [0.25, 0.3) is 0 Å². The number of nitrogens with one attached hydrogen (secondary N) is 1. The van der Waals surface area contributed by atoms with Crippen molar-refractivity contribution in [3.8, 4) is 0 Å². The maximum Gasteiger partial charge on any atom is 0.00104 e. The molecule has 0 saturated heterocycles. The highest BCUT2D eigenvalue weighted by Crippen LogP contribution is 2.51. The summed E-state index contributed by atoms with van der Waals surface area (Å²) in [6.07, 6.45) is 4.03. The van der Waals surface area contributed by atoms with Crippen LogP contribution < -0.4 is 5.32 Å². The quantitative estimate of drug-likeness (QED) is 0.730. The summed E-state index contributed by atoms with van der Waals surface area (Å²) >= 11 is 1.79. The van der Waals surface area contributed by atoms with Crippen molar-refractivity contribution >= 4 is 11.3 Å². The van der Waals surface area contributed by atoms with Crippen molar-refractivity contribution in [2.45, 2.75) is 33.1 Å². The summed E-state index contributed by atoms with van der Waals surface area (Å²) in [5.74, 6) is 0.839. The van der Waals surface area contributed by atoms with Crippen LogP contribution in [0.2, 0.25) is 0 Å². The average Bonchev–Trinajstić information content (AvgIpc) is 2.83. The minimum absolute atomic E-state index is 0.647. The zero-order chi connectivity index (χ0) is 10.7. The first-order chi connectivity index (χ1) is 7.23. The second-order valence-corrected chi connectivity index (χ2v) is 5.86. The molecule has 0 atom stereocenters. The van der Waals surface area contributed by atoms with E-state index in [1.54, 1.807) is 11.3 Å². The van der Waals surface area contributed by atoms with Gasteiger partial charge in [-0.2, -0.15) is 11.3 Å². The van der Waals surface area contributed by atoms with Crippen LogP contribution in [0.1, 0.15) is 32.3 Å². The van der Waals surface area contributed by atoms with Crippen LogP contribution >= 0.6 is 11.3 Å². The molecule has 1 aromatic rings. The zero-order valence-corrected chi connectivity index (χ0v) is 10.6. The van der Waals surface area contributed by atoms with Gasteiger partial charge in [-0.1, -0.05) is 13.8 Å². The highest BCUT2D eigenvalue weighted by Gasteiger charge is 2.44. The fourth-order valence-corrected chi connectivity index (χ4v) is 2.83. The van der Waals surface area contributed by atoms with Crippen molar-refractivity contribution in [3.05, 3.63) is 22.4 Å². The second kappa shape index (κ2) is 4.67. The van der Waals surface area contributed by atoms with Crippen molar-refractivity contribution in [1.29, 1.82) is 0 Å². The molecule has 0 aromatic carbocycles. The average molecular weight is 223 g/mol. The van der Waals surface area contributed by atoms with Crippen LogP contribution in [0.3, 0.4) is 0 Å². The molecule has 2 heteroatoms. The summed E-state index contributed by atoms with van der Waals surface area (Å²) in [5.41, 5.74) is 2.12. The van der Waals surface area contributed by atoms with Crippen LogP contribution in [-0.4, -0.2) is 13.1 Å². The molecule has 1 N–H and O–H groups in total. The summed E-state index contributed by atoms with van der Waals surface area (Å²) in [4.78, 5) is 0. The Morgan fingerprint density at radius 2 is 2.27 bits per heavy atom. The summed E-state index contributed by atoms with van der Waals surface area (Å²) < 4.78 is 0. The highest BCUT2D eigenvalue weighted by atomic mass is 32.1. The lowest BCUT2D eigenvalue weighted by Gasteiger charge is -2.19. The van der Waals surface area contributed by atoms with Crippen LogP contribution in [-0.2, 0) is 6.42 Å². The summed E-state index contributed by atoms with van der Waals surface area (Å²) in [5, 5.41) is 8.02. The largest absolute Gasteiger partial charge is 0.316 e. The molecular weight excluding hydrogens is 202 g/mol. The van der Waals surface area contributed by atoms with Gasteiger partial charge < -0.3 is 5.32 Å². The molecule has 2 rings (SSSR count). The van der Waals surface area contributed by atoms with Crippen molar-refractivity contribution < 1.29 is 0 Å². The third-order valence-corrected chi connectivity index (χ3v) is 4.50. The molecular formula is C13H21NS. The third-order valence-electron chi connectivity index (χ3n) is 3.76. The first-order valence-electron chi connectivity index (χ1n) is 5.95. The van der Waals surface area contributed by atoms with Gasteiger partial charge in [-0.15, -0.1) is 0 Å². The molecule has 1 aromatic heterocycles. The summed E-state index contributed by atoms with van der Waals surface area (Å²) in [6, 6.07) is 2.22. The molecule has 15 heavy (non-hydrogen) atoms. The minimum Gasteiger partial charge on any atom is -0.316 e. The molecule has 0 bridgehead atoms. The Morgan fingerprint density at radius 3 is 2.80 bits per heavy atom. The molecule has 1 aliphatic rings. The minimum atomic E-state index is 0.647. The maximum absolute atomic E-state index is 3.61. The second-order valence-electron chi connectivity index (χ2n) is 5.08. The summed E-state index contributed by atoms with van der Waals surface area (Å²) in [7, 11) is 0. The molecule has 1 nitrogen and oxygen atoms in total. The Hall–Kier alpha value is -0.340. The normalized spacial score (nSPS) is 18.3. The first kappa shape index (κ1) is 11.2. The molecule has 1 heterocycles. The van der Waals surface area contributed by atoms with Crippen LogP contribution in [0.5, 0.6) is 0 Å². The monoisotopic (exact) mass is 223 g/mol. The van der Waals surface area contributed by atoms with E-state index in [1.807, 2.05) is 0 Å². The Labute approximate surface area is 96.9 Å². The van der Waals surface area contributed by atoms with Gasteiger partial charge in [-0.25, -0.2) is 0 Å². The van der Waals surface area contributed by atoms with E-state index in [-0.39, 0.29) is 0 Å². The number of thiophene rings is 1. The van der Waals surface area contributed by atoms with Crippen LogP contribution in [0.15, 0.2) is 16.8 Å². The van der Waals surface area contributed by atoms with Gasteiger partial charge in [0.1, 0.15) is 0 Å². The van der Waals surface area contributed by atoms with E-state index in [1.165, 1.54) is 31.4 Å². The predicted molar refractivity (Wildman–Crippen MR) is 67.4 cm³/mol. The van der Waals surface area contributed by atoms with E-state index in [0.29, 0.717) is 5.41 Å². The Morgan fingerprint density at radius 1 is 1.47 bits per heavy atom. The highest BCUT2D eigenvalue weighted by molar-refractivity contribution is 7.07. The van der Waals surface area contributed by atoms with E-state index in [4.69, 9.17) is 0 Å². The van der Waals surface area contributed by atoms with Gasteiger partial charge in [-0.05, 0) is 59.5 Å². The van der Waals surface area contributed by atoms with Crippen molar-refractivity contribution in [2.24, 2.45) is 11.3 Å². The van der Waals surface area contributed by atoms with Gasteiger partial charge in [0.05, 0.1) is 0 Å². The van der Waals surface area contributed by atoms with Crippen molar-refractivity contribution in [3.63, 3.8) is 0 Å². The van der Waals surface area contributed by atoms with Crippen LogP contribution in [0.4, 0.5) is 0 Å². The number of rotatable bonds is 6. The van der Waals surface area contributed by atoms with E-state index in [0.717, 1.165) is 12.5 Å². The topological polar surface area (TPSA) is 12.0 Å². The SMILES string of the molecule is CC(C)C1(CNCCc2ccsc2)CC1. The molecule has 84 valence electrons. The van der Waals surface area contributed by atoms with Crippen molar-refractivity contribution in [2.75, 3.05) is 13.1 Å². The standard InChI is InChI=1S/C13H21NS/c1-11(2)13(5-6-13)10-14-7-3-12-4-8-15-9-12/h4,8-9,11,14H,3,5-7,10H2,1-2H3. The zero-order valence-electron chi connectivity index (χ0n) is 9.75. The fraction of sp³-hybridized carbons (Fsp3) is 0.692. The maximum atomic E-state index is 3.61. The molecule has 0 unspecified atom stereocenters. The lowest BCUT2D eigenvalue weighted by atomic mass is 9.92. The molecule has 0 spiro atoms. The molecule has 0 aliphatic heterocycles. The Balaban J connectivity index is 1.63. The number of hydrogen-bond acceptors (Lipinski definition) is 2. The molecule has 0 radical (unpaired) electrons. The van der Waals surface area contributed by atoms with Gasteiger partial charge in [0, 0.05) is 6.54 Å². The van der Waals surface area contributed by atoms with Crippen LogP contribution in [0, 0.1) is 11.3 Å². The van der Waals surface area contributed by atoms with Gasteiger partial charge in [0.15, 0.2) is 0 Å². The smallest absolute Gasteiger partial charge is 0.00104 e. The van der Waals surface area contributed by atoms with E-state index < -0.39 is 0 Å². The van der Waals surface area contributed by atoms with Gasteiger partial charge in [0.2, 0.25) is 0 Å². The van der Waals surface area contributed by atoms with Gasteiger partial charge >= 0.3 is 0 Å². The first-order valence-corrected chi connectivity index (χ1v) is 6.89. The van der Waals surface area contributed by atoms with Gasteiger partial charge in [-0.3, -0.25) is 0 Å². The predicted octanol–water partition coefficient (Wildman–Crippen LogP) is 3.32. The summed E-state index contributed by atoms with van der Waals surface area (Å²) in [6.45, 7) is 7.06. The van der Waals surface area contributed by atoms with E-state index >= 15 is 0 Å². The fourth-order valence-electron chi connectivity index (χ4n) is 2.12. The van der Waals surface area contributed by atoms with Crippen molar-refractivity contribution in [1.82, 2.24) is 5.32 Å². The lowest BCUT2D eigenvalue weighted by molar-refractivity contribution is 0.339. The van der Waals surface area contributed by atoms with E-state index in [2.05, 4.69) is 36.0 Å². The molecule has 1 saturated carbocycles. The lowest BCUT2D eigenvalue weighted by Crippen LogP contribution is -2.29. The number of hydrogen-bond donors (Lipinski definition) is 1. The van der Waals surface area contributed by atoms with E-state index in [9.17, 15) is 0 Å². The van der Waals surface area contributed by atoms with Crippen LogP contribution in [0.25, 0.3) is 0 Å².